The summed E-state index contributed by atoms with van der Waals surface area (Å²) in [6, 6.07) is 21.6. The Balaban J connectivity index is 1.21. The van der Waals surface area contributed by atoms with Gasteiger partial charge in [-0.2, -0.15) is 4.99 Å². The molecule has 2 aromatic heterocycles. The zero-order valence-electron chi connectivity index (χ0n) is 41.8. The lowest BCUT2D eigenvalue weighted by molar-refractivity contribution is -0.155. The van der Waals surface area contributed by atoms with Crippen LogP contribution in [0.4, 0.5) is 5.69 Å². The van der Waals surface area contributed by atoms with Crippen molar-refractivity contribution in [2.45, 2.75) is 98.0 Å². The van der Waals surface area contributed by atoms with E-state index in [1.807, 2.05) is 38.2 Å². The number of esters is 1. The maximum atomic E-state index is 14.7. The normalized spacial score (nSPS) is 17.5. The number of aliphatic imine (C=N–C) groups is 2. The van der Waals surface area contributed by atoms with E-state index in [1.165, 1.54) is 24.1 Å². The Hall–Kier alpha value is -6.87. The van der Waals surface area contributed by atoms with E-state index >= 15 is 0 Å². The Labute approximate surface area is 410 Å². The number of ether oxygens (including phenoxy) is 4. The maximum Gasteiger partial charge on any atom is 0.324 e. The van der Waals surface area contributed by atoms with E-state index in [0.29, 0.717) is 56.1 Å². The van der Waals surface area contributed by atoms with Crippen molar-refractivity contribution in [1.82, 2.24) is 30.2 Å². The minimum absolute atomic E-state index is 0.0177. The van der Waals surface area contributed by atoms with Crippen molar-refractivity contribution >= 4 is 46.3 Å². The minimum atomic E-state index is -1.06. The summed E-state index contributed by atoms with van der Waals surface area (Å²) in [6.45, 7) is 11.7. The number of rotatable bonds is 14. The fraction of sp³-hybridized carbons (Fsp3) is 0.444. The second kappa shape index (κ2) is 22.7. The average molecular weight is 955 g/mol. The summed E-state index contributed by atoms with van der Waals surface area (Å²) in [5.74, 6) is -1.02. The largest absolute Gasteiger partial charge is 0.494 e. The van der Waals surface area contributed by atoms with Crippen LogP contribution in [-0.2, 0) is 54.6 Å². The number of aryl methyl sites for hydroxylation is 1. The quantitative estimate of drug-likeness (QED) is 0.0833. The van der Waals surface area contributed by atoms with Crippen molar-refractivity contribution in [3.05, 3.63) is 95.8 Å². The van der Waals surface area contributed by atoms with Gasteiger partial charge in [-0.3, -0.25) is 29.2 Å². The van der Waals surface area contributed by atoms with E-state index in [1.54, 1.807) is 38.6 Å². The van der Waals surface area contributed by atoms with Gasteiger partial charge in [0.1, 0.15) is 29.6 Å². The van der Waals surface area contributed by atoms with Crippen molar-refractivity contribution in [3.8, 4) is 33.9 Å². The number of pyridine rings is 1. The Bertz CT molecular complexity index is 2760. The lowest BCUT2D eigenvalue weighted by Gasteiger charge is -2.36. The van der Waals surface area contributed by atoms with Gasteiger partial charge in [0.15, 0.2) is 5.69 Å². The number of carbonyl (C=O) groups excluding carboxylic acids is 4. The van der Waals surface area contributed by atoms with Crippen LogP contribution >= 0.6 is 0 Å². The topological polar surface area (TPSA) is 178 Å². The number of para-hydroxylation sites is 1. The first-order chi connectivity index (χ1) is 33.7. The third-order valence-corrected chi connectivity index (χ3v) is 13.0. The predicted octanol–water partition coefficient (Wildman–Crippen LogP) is 7.58. The van der Waals surface area contributed by atoms with Crippen LogP contribution in [0.15, 0.2) is 89.1 Å². The van der Waals surface area contributed by atoms with Crippen LogP contribution in [0.3, 0.4) is 0 Å². The molecule has 3 atom stereocenters. The van der Waals surface area contributed by atoms with Gasteiger partial charge in [0, 0.05) is 74.4 Å². The number of benzene rings is 3. The summed E-state index contributed by atoms with van der Waals surface area (Å²) in [7, 11) is 6.32. The van der Waals surface area contributed by atoms with Crippen LogP contribution in [0.25, 0.3) is 33.3 Å². The Morgan fingerprint density at radius 3 is 2.49 bits per heavy atom. The standard InChI is InChI=1S/C54H66N8O8/c1-10-61-44-20-19-37-28-39(44)40(50(61)41-30-55-23-21-38(41)31-67-7)29-54(4,5)32-70-53(66)42-16-13-25-62(59-42)52(65)43(27-35-14-11-15-36(37)26-35)58-51(64)49(34(2)3)60(6)47(63)22-24-56-33-57-48-45(68-8)17-12-18-46(48)69-9/h11-12,14-15,17-21,23,26,28,30,34,42-43,49,59H,10,13,16,22,24-25,27,29,31-32H2,1-9H3,(H,58,64)/t42-,43-,49?/m0/s1. The zero-order chi connectivity index (χ0) is 50.1. The molecule has 16 nitrogen and oxygen atoms in total. The van der Waals surface area contributed by atoms with Crippen LogP contribution in [-0.4, -0.2) is 115 Å². The molecule has 5 aromatic rings. The SMILES string of the molecule is CCn1c(-c2cnccc2COC)c2c3cc(ccc31)-c1cccc(c1)C[C@H](NC(=O)C(C(C)C)N(C)C(=O)CCN=C=Nc1c(OC)cccc1OC)C(=O)N1CCC[C@H](N1)C(=O)OCC(C)(C)C2. The molecule has 3 aromatic carbocycles. The van der Waals surface area contributed by atoms with Crippen molar-refractivity contribution < 1.29 is 38.1 Å². The smallest absolute Gasteiger partial charge is 0.324 e. The first-order valence-corrected chi connectivity index (χ1v) is 24.0. The number of fused-ring (bicyclic) bond motifs is 6. The molecule has 16 heteroatoms. The molecule has 0 radical (unpaired) electrons. The van der Waals surface area contributed by atoms with E-state index in [-0.39, 0.29) is 37.8 Å². The number of hydrogen-bond donors (Lipinski definition) is 2. The molecule has 3 amide bonds. The zero-order valence-corrected chi connectivity index (χ0v) is 41.8. The average Bonchev–Trinajstić information content (AvgIpc) is 3.66. The molecule has 1 unspecified atom stereocenters. The number of likely N-dealkylation sites (N-methyl/N-ethyl adjacent to an activating group) is 1. The number of cyclic esters (lactones) is 1. The van der Waals surface area contributed by atoms with Crippen molar-refractivity contribution in [2.75, 3.05) is 48.1 Å². The molecule has 0 aliphatic carbocycles. The number of nitrogens with one attached hydrogen (secondary N) is 2. The lowest BCUT2D eigenvalue weighted by atomic mass is 9.84. The van der Waals surface area contributed by atoms with Gasteiger partial charge in [-0.1, -0.05) is 64.1 Å². The van der Waals surface area contributed by atoms with Gasteiger partial charge in [-0.15, -0.1) is 0 Å². The highest BCUT2D eigenvalue weighted by molar-refractivity contribution is 5.96. The van der Waals surface area contributed by atoms with Crippen LogP contribution in [0.1, 0.15) is 70.6 Å². The number of nitrogens with zero attached hydrogens (tertiary/aromatic N) is 6. The molecule has 370 valence electrons. The van der Waals surface area contributed by atoms with Crippen LogP contribution in [0.2, 0.25) is 0 Å². The second-order valence-corrected chi connectivity index (χ2v) is 19.0. The Kier molecular flexibility index (Phi) is 16.5. The highest BCUT2D eigenvalue weighted by atomic mass is 16.5. The molecule has 4 heterocycles. The number of methoxy groups -OCH3 is 3. The van der Waals surface area contributed by atoms with Gasteiger partial charge in [-0.25, -0.2) is 10.4 Å². The molecule has 0 saturated carbocycles. The summed E-state index contributed by atoms with van der Waals surface area (Å²) in [4.78, 5) is 71.2. The van der Waals surface area contributed by atoms with Gasteiger partial charge in [0.05, 0.1) is 45.7 Å². The fourth-order valence-electron chi connectivity index (χ4n) is 9.59. The van der Waals surface area contributed by atoms with E-state index < -0.39 is 41.3 Å². The number of hydrogen-bond acceptors (Lipinski definition) is 12. The monoisotopic (exact) mass is 955 g/mol. The first-order valence-electron chi connectivity index (χ1n) is 24.0. The maximum absolute atomic E-state index is 14.7. The van der Waals surface area contributed by atoms with Gasteiger partial charge in [0.25, 0.3) is 5.91 Å². The van der Waals surface area contributed by atoms with Crippen LogP contribution in [0.5, 0.6) is 11.5 Å². The summed E-state index contributed by atoms with van der Waals surface area (Å²) in [5, 5.41) is 5.56. The van der Waals surface area contributed by atoms with E-state index in [4.69, 9.17) is 18.9 Å². The first kappa shape index (κ1) is 51.0. The molecule has 2 aliphatic rings. The second-order valence-electron chi connectivity index (χ2n) is 19.0. The molecule has 7 rings (SSSR count). The van der Waals surface area contributed by atoms with Gasteiger partial charge in [0.2, 0.25) is 11.8 Å². The van der Waals surface area contributed by atoms with Gasteiger partial charge >= 0.3 is 5.97 Å². The molecular weight excluding hydrogens is 889 g/mol. The molecule has 2 N–H and O–H groups in total. The minimum Gasteiger partial charge on any atom is -0.494 e. The number of carbonyl (C=O) groups is 4. The molecular formula is C54H66N8O8. The molecule has 2 aliphatic heterocycles. The van der Waals surface area contributed by atoms with Crippen LogP contribution < -0.4 is 20.2 Å². The van der Waals surface area contributed by atoms with Crippen LogP contribution in [0, 0.1) is 11.3 Å². The lowest BCUT2D eigenvalue weighted by Crippen LogP contribution is -2.62. The van der Waals surface area contributed by atoms with Crippen molar-refractivity contribution in [2.24, 2.45) is 21.3 Å². The van der Waals surface area contributed by atoms with Gasteiger partial charge < -0.3 is 33.7 Å². The highest BCUT2D eigenvalue weighted by Gasteiger charge is 2.37. The van der Waals surface area contributed by atoms with Crippen molar-refractivity contribution in [3.63, 3.8) is 0 Å². The van der Waals surface area contributed by atoms with E-state index in [9.17, 15) is 19.2 Å². The molecule has 1 fully saturated rings. The van der Waals surface area contributed by atoms with Crippen molar-refractivity contribution in [1.29, 1.82) is 0 Å². The summed E-state index contributed by atoms with van der Waals surface area (Å²) < 4.78 is 24.9. The predicted molar refractivity (Wildman–Crippen MR) is 269 cm³/mol. The van der Waals surface area contributed by atoms with Gasteiger partial charge in [-0.05, 0) is 90.3 Å². The van der Waals surface area contributed by atoms with E-state index in [2.05, 4.69) is 87.4 Å². The van der Waals surface area contributed by atoms with E-state index in [0.717, 1.165) is 50.0 Å². The summed E-state index contributed by atoms with van der Waals surface area (Å²) in [5.41, 5.74) is 11.0. The summed E-state index contributed by atoms with van der Waals surface area (Å²) in [6.07, 6.45) is 5.41. The molecule has 6 bridgehead atoms. The highest BCUT2D eigenvalue weighted by Crippen LogP contribution is 2.41. The third-order valence-electron chi connectivity index (χ3n) is 13.0. The Morgan fingerprint density at radius 2 is 1.77 bits per heavy atom. The molecule has 0 spiro atoms. The number of hydrazine groups is 1. The number of aromatic nitrogens is 2. The molecule has 70 heavy (non-hydrogen) atoms. The third kappa shape index (κ3) is 11.4. The molecule has 1 saturated heterocycles. The Morgan fingerprint density at radius 1 is 1.03 bits per heavy atom. The fourth-order valence-corrected chi connectivity index (χ4v) is 9.59. The number of amides is 3. The summed E-state index contributed by atoms with van der Waals surface area (Å²) >= 11 is 0.